The number of rotatable bonds is 9. The minimum atomic E-state index is -4.95. The number of benzene rings is 1. The number of hydrogen-bond acceptors (Lipinski definition) is 7. The molecule has 0 radical (unpaired) electrons. The van der Waals surface area contributed by atoms with Crippen LogP contribution in [0.4, 0.5) is 23.7 Å². The molecular weight excluding hydrogens is 635 g/mol. The van der Waals surface area contributed by atoms with Gasteiger partial charge in [-0.1, -0.05) is 6.92 Å². The molecule has 1 aromatic rings. The minimum Gasteiger partial charge on any atom is -0.476 e. The lowest BCUT2D eigenvalue weighted by Gasteiger charge is -2.43. The molecule has 2 aliphatic rings. The molecule has 268 valence electrons. The van der Waals surface area contributed by atoms with E-state index in [0.29, 0.717) is 19.4 Å². The zero-order valence-electron chi connectivity index (χ0n) is 29.2. The lowest BCUT2D eigenvalue weighted by Crippen LogP contribution is -2.57. The van der Waals surface area contributed by atoms with Gasteiger partial charge in [0, 0.05) is 44.7 Å². The highest BCUT2D eigenvalue weighted by Crippen LogP contribution is 2.44. The maximum atomic E-state index is 14.6. The van der Waals surface area contributed by atoms with Crippen LogP contribution in [0.3, 0.4) is 0 Å². The van der Waals surface area contributed by atoms with Gasteiger partial charge in [0.15, 0.2) is 5.60 Å². The Morgan fingerprint density at radius 2 is 1.77 bits per heavy atom. The van der Waals surface area contributed by atoms with Gasteiger partial charge in [-0.15, -0.1) is 0 Å². The van der Waals surface area contributed by atoms with Crippen LogP contribution in [0.15, 0.2) is 12.1 Å². The Hall–Kier alpha value is -4.04. The van der Waals surface area contributed by atoms with Crippen molar-refractivity contribution >= 4 is 35.4 Å². The first kappa shape index (κ1) is 38.4. The van der Waals surface area contributed by atoms with E-state index in [-0.39, 0.29) is 43.4 Å². The van der Waals surface area contributed by atoms with Gasteiger partial charge in [0.2, 0.25) is 11.8 Å². The summed E-state index contributed by atoms with van der Waals surface area (Å²) in [5.74, 6) is -2.37. The highest BCUT2D eigenvalue weighted by Gasteiger charge is 2.45. The molecule has 0 saturated carbocycles. The second-order valence-corrected chi connectivity index (χ2v) is 13.9. The average Bonchev–Trinajstić information content (AvgIpc) is 2.96. The van der Waals surface area contributed by atoms with Crippen molar-refractivity contribution in [1.82, 2.24) is 20.4 Å². The maximum absolute atomic E-state index is 14.6. The SMILES string of the molecule is CCC(=O)NCCN1C(=O)C(C)(C)Oc2cc(C(F)(F)F)c(C(=O)N(C(C)C)[C@@H]3CCCN(C(=O)[C@H](C)NC(=O)OC(C)(C)C)C3)cc21. The van der Waals surface area contributed by atoms with Crippen molar-refractivity contribution in [2.45, 2.75) is 117 Å². The lowest BCUT2D eigenvalue weighted by atomic mass is 9.96. The van der Waals surface area contributed by atoms with Gasteiger partial charge in [-0.2, -0.15) is 13.2 Å². The van der Waals surface area contributed by atoms with E-state index in [0.717, 1.165) is 12.1 Å². The normalized spacial score (nSPS) is 18.4. The zero-order valence-corrected chi connectivity index (χ0v) is 29.2. The fourth-order valence-corrected chi connectivity index (χ4v) is 5.84. The van der Waals surface area contributed by atoms with E-state index >= 15 is 0 Å². The van der Waals surface area contributed by atoms with Crippen LogP contribution in [0.2, 0.25) is 0 Å². The molecule has 2 N–H and O–H groups in total. The van der Waals surface area contributed by atoms with E-state index < -0.39 is 70.4 Å². The Morgan fingerprint density at radius 3 is 2.33 bits per heavy atom. The smallest absolute Gasteiger partial charge is 0.417 e. The number of amides is 5. The molecule has 1 fully saturated rings. The zero-order chi connectivity index (χ0) is 36.4. The third-order valence-corrected chi connectivity index (χ3v) is 8.03. The number of nitrogens with zero attached hydrogens (tertiary/aromatic N) is 3. The van der Waals surface area contributed by atoms with Crippen molar-refractivity contribution in [3.05, 3.63) is 23.3 Å². The topological polar surface area (TPSA) is 138 Å². The minimum absolute atomic E-state index is 0.0207. The summed E-state index contributed by atoms with van der Waals surface area (Å²) in [6.45, 7) is 14.8. The average molecular weight is 684 g/mol. The molecule has 48 heavy (non-hydrogen) atoms. The third kappa shape index (κ3) is 9.10. The van der Waals surface area contributed by atoms with Crippen LogP contribution in [0.1, 0.15) is 97.5 Å². The molecule has 0 aromatic heterocycles. The molecule has 2 aliphatic heterocycles. The van der Waals surface area contributed by atoms with Gasteiger partial charge in [-0.3, -0.25) is 19.2 Å². The molecule has 0 bridgehead atoms. The summed E-state index contributed by atoms with van der Waals surface area (Å²) >= 11 is 0. The van der Waals surface area contributed by atoms with Gasteiger partial charge in [-0.25, -0.2) is 4.79 Å². The molecule has 2 heterocycles. The standard InChI is InChI=1S/C33H48F3N5O7/c1-10-26(42)37-13-15-40-24-16-22(23(33(34,35)36)17-25(24)47-32(8,9)29(40)45)28(44)41(19(2)3)21-12-11-14-39(18-21)27(43)20(4)38-30(46)48-31(5,6)7/h16-17,19-21H,10-15,18H2,1-9H3,(H,37,42)(H,38,46)/t20-,21+/m0/s1. The number of carbonyl (C=O) groups excluding carboxylic acids is 5. The summed E-state index contributed by atoms with van der Waals surface area (Å²) in [4.78, 5) is 69.1. The Labute approximate surface area is 279 Å². The Balaban J connectivity index is 1.97. The van der Waals surface area contributed by atoms with Gasteiger partial charge >= 0.3 is 12.3 Å². The van der Waals surface area contributed by atoms with Crippen molar-refractivity contribution in [3.63, 3.8) is 0 Å². The number of piperidine rings is 1. The molecule has 3 rings (SSSR count). The predicted octanol–water partition coefficient (Wildman–Crippen LogP) is 4.49. The van der Waals surface area contributed by atoms with Crippen molar-refractivity contribution in [2.75, 3.05) is 31.1 Å². The maximum Gasteiger partial charge on any atom is 0.417 e. The molecule has 1 saturated heterocycles. The molecule has 0 spiro atoms. The summed E-state index contributed by atoms with van der Waals surface area (Å²) in [6, 6.07) is -0.381. The Bertz CT molecular complexity index is 1410. The summed E-state index contributed by atoms with van der Waals surface area (Å²) < 4.78 is 54.8. The number of nitrogens with one attached hydrogen (secondary N) is 2. The van der Waals surface area contributed by atoms with E-state index in [9.17, 15) is 37.1 Å². The molecule has 0 aliphatic carbocycles. The lowest BCUT2D eigenvalue weighted by molar-refractivity contribution is -0.138. The van der Waals surface area contributed by atoms with Crippen LogP contribution in [-0.2, 0) is 25.3 Å². The van der Waals surface area contributed by atoms with Crippen molar-refractivity contribution in [1.29, 1.82) is 0 Å². The third-order valence-electron chi connectivity index (χ3n) is 8.03. The number of anilines is 1. The second-order valence-electron chi connectivity index (χ2n) is 13.9. The van der Waals surface area contributed by atoms with E-state index in [4.69, 9.17) is 9.47 Å². The van der Waals surface area contributed by atoms with Gasteiger partial charge in [0.1, 0.15) is 17.4 Å². The first-order valence-electron chi connectivity index (χ1n) is 16.2. The van der Waals surface area contributed by atoms with Crippen LogP contribution in [-0.4, -0.2) is 95.0 Å². The molecule has 0 unspecified atom stereocenters. The first-order valence-corrected chi connectivity index (χ1v) is 16.2. The highest BCUT2D eigenvalue weighted by atomic mass is 19.4. The number of alkyl carbamates (subject to hydrolysis) is 1. The summed E-state index contributed by atoms with van der Waals surface area (Å²) in [6.07, 6.45) is -4.62. The molecule has 15 heteroatoms. The number of ether oxygens (including phenoxy) is 2. The molecular formula is C33H48F3N5O7. The first-order chi connectivity index (χ1) is 22.1. The Morgan fingerprint density at radius 1 is 1.12 bits per heavy atom. The Kier molecular flexibility index (Phi) is 11.7. The molecule has 12 nitrogen and oxygen atoms in total. The highest BCUT2D eigenvalue weighted by molar-refractivity contribution is 6.05. The second kappa shape index (κ2) is 14.6. The summed E-state index contributed by atoms with van der Waals surface area (Å²) in [7, 11) is 0. The number of likely N-dealkylation sites (tertiary alicyclic amines) is 1. The largest absolute Gasteiger partial charge is 0.476 e. The van der Waals surface area contributed by atoms with Gasteiger partial charge < -0.3 is 34.8 Å². The summed E-state index contributed by atoms with van der Waals surface area (Å²) in [5.41, 5.74) is -4.19. The van der Waals surface area contributed by atoms with Gasteiger partial charge in [0.05, 0.1) is 16.8 Å². The number of fused-ring (bicyclic) bond motifs is 1. The monoisotopic (exact) mass is 683 g/mol. The predicted molar refractivity (Wildman–Crippen MR) is 172 cm³/mol. The van der Waals surface area contributed by atoms with Crippen molar-refractivity contribution in [3.8, 4) is 5.75 Å². The number of carbonyl (C=O) groups is 5. The van der Waals surface area contributed by atoms with Crippen LogP contribution in [0.5, 0.6) is 5.75 Å². The fourth-order valence-electron chi connectivity index (χ4n) is 5.84. The van der Waals surface area contributed by atoms with Gasteiger partial charge in [-0.05, 0) is 80.4 Å². The molecule has 1 aromatic carbocycles. The van der Waals surface area contributed by atoms with E-state index in [1.165, 1.54) is 35.5 Å². The number of hydrogen-bond donors (Lipinski definition) is 2. The number of alkyl halides is 3. The van der Waals surface area contributed by atoms with Gasteiger partial charge in [0.25, 0.3) is 11.8 Å². The fraction of sp³-hybridized carbons (Fsp3) is 0.667. The van der Waals surface area contributed by atoms with Crippen LogP contribution >= 0.6 is 0 Å². The van der Waals surface area contributed by atoms with Crippen LogP contribution in [0, 0.1) is 0 Å². The van der Waals surface area contributed by atoms with Crippen LogP contribution < -0.4 is 20.3 Å². The van der Waals surface area contributed by atoms with E-state index in [2.05, 4.69) is 10.6 Å². The molecule has 5 amide bonds. The quantitative estimate of drug-likeness (QED) is 0.392. The van der Waals surface area contributed by atoms with Crippen LogP contribution in [0.25, 0.3) is 0 Å². The van der Waals surface area contributed by atoms with Crippen molar-refractivity contribution < 1.29 is 46.6 Å². The summed E-state index contributed by atoms with van der Waals surface area (Å²) in [5, 5.41) is 5.17. The number of halogens is 3. The van der Waals surface area contributed by atoms with E-state index in [1.807, 2.05) is 0 Å². The van der Waals surface area contributed by atoms with E-state index in [1.54, 1.807) is 41.5 Å². The van der Waals surface area contributed by atoms with Crippen molar-refractivity contribution in [2.24, 2.45) is 0 Å². The molecule has 2 atom stereocenters.